The van der Waals surface area contributed by atoms with Gasteiger partial charge >= 0.3 is 12.0 Å². The molecule has 2 amide bonds. The van der Waals surface area contributed by atoms with E-state index in [4.69, 9.17) is 13.9 Å². The number of aryl methyl sites for hydroxylation is 1. The van der Waals surface area contributed by atoms with Crippen LogP contribution in [-0.2, 0) is 10.0 Å². The second-order valence-corrected chi connectivity index (χ2v) is 9.28. The molecule has 0 bridgehead atoms. The van der Waals surface area contributed by atoms with Gasteiger partial charge in [-0.25, -0.2) is 17.9 Å². The highest BCUT2D eigenvalue weighted by molar-refractivity contribution is 7.90. The predicted molar refractivity (Wildman–Crippen MR) is 133 cm³/mol. The molecule has 4 aromatic rings. The van der Waals surface area contributed by atoms with Gasteiger partial charge in [-0.15, -0.1) is 0 Å². The van der Waals surface area contributed by atoms with E-state index in [0.717, 1.165) is 22.9 Å². The molecule has 0 fully saturated rings. The van der Waals surface area contributed by atoms with Crippen LogP contribution in [0.1, 0.15) is 16.3 Å². The average Bonchev–Trinajstić information content (AvgIpc) is 3.25. The molecular formula is C26H22N2O7S. The Morgan fingerprint density at radius 1 is 0.861 bits per heavy atom. The van der Waals surface area contributed by atoms with Gasteiger partial charge in [0, 0.05) is 11.8 Å². The number of furan rings is 1. The van der Waals surface area contributed by atoms with E-state index in [0.29, 0.717) is 5.69 Å². The van der Waals surface area contributed by atoms with Gasteiger partial charge < -0.3 is 13.9 Å². The first-order chi connectivity index (χ1) is 17.2. The first kappa shape index (κ1) is 24.6. The fourth-order valence-electron chi connectivity index (χ4n) is 3.28. The van der Waals surface area contributed by atoms with Gasteiger partial charge in [-0.2, -0.15) is 0 Å². The minimum atomic E-state index is -4.09. The number of hydrogen-bond acceptors (Lipinski definition) is 7. The zero-order chi connectivity index (χ0) is 25.7. The van der Waals surface area contributed by atoms with Crippen molar-refractivity contribution in [3.63, 3.8) is 0 Å². The van der Waals surface area contributed by atoms with Crippen molar-refractivity contribution in [3.05, 3.63) is 96.4 Å². The molecule has 9 nitrogen and oxygen atoms in total. The van der Waals surface area contributed by atoms with E-state index in [9.17, 15) is 18.0 Å². The summed E-state index contributed by atoms with van der Waals surface area (Å²) in [4.78, 5) is 24.7. The van der Waals surface area contributed by atoms with Gasteiger partial charge in [0.05, 0.1) is 12.0 Å². The number of amides is 2. The highest BCUT2D eigenvalue weighted by atomic mass is 32.2. The van der Waals surface area contributed by atoms with Crippen molar-refractivity contribution in [2.75, 3.05) is 12.4 Å². The molecule has 1 aromatic heterocycles. The van der Waals surface area contributed by atoms with Crippen LogP contribution in [0.15, 0.2) is 94.2 Å². The minimum absolute atomic E-state index is 0.0235. The van der Waals surface area contributed by atoms with Gasteiger partial charge in [-0.05, 0) is 54.4 Å². The van der Waals surface area contributed by atoms with E-state index >= 15 is 0 Å². The summed E-state index contributed by atoms with van der Waals surface area (Å²) in [5.41, 5.74) is 2.42. The van der Waals surface area contributed by atoms with E-state index in [2.05, 4.69) is 5.32 Å². The molecule has 3 aromatic carbocycles. The molecule has 0 saturated heterocycles. The molecule has 0 aliphatic heterocycles. The van der Waals surface area contributed by atoms with Crippen LogP contribution in [0.2, 0.25) is 0 Å². The lowest BCUT2D eigenvalue weighted by Gasteiger charge is -2.07. The third kappa shape index (κ3) is 5.73. The molecular weight excluding hydrogens is 484 g/mol. The molecule has 0 atom stereocenters. The number of carbonyl (C=O) groups excluding carboxylic acids is 2. The number of hydrogen-bond donors (Lipinski definition) is 2. The maximum absolute atomic E-state index is 12.4. The number of anilines is 1. The molecule has 184 valence electrons. The summed E-state index contributed by atoms with van der Waals surface area (Å²) >= 11 is 0. The van der Waals surface area contributed by atoms with E-state index in [1.807, 2.05) is 41.1 Å². The Kier molecular flexibility index (Phi) is 7.07. The summed E-state index contributed by atoms with van der Waals surface area (Å²) in [6.07, 6.45) is -0.806. The lowest BCUT2D eigenvalue weighted by Crippen LogP contribution is -2.30. The van der Waals surface area contributed by atoms with Crippen molar-refractivity contribution in [1.82, 2.24) is 4.72 Å². The van der Waals surface area contributed by atoms with Gasteiger partial charge in [0.25, 0.3) is 10.0 Å². The quantitative estimate of drug-likeness (QED) is 0.362. The van der Waals surface area contributed by atoms with Crippen molar-refractivity contribution >= 4 is 27.7 Å². The van der Waals surface area contributed by atoms with Crippen LogP contribution in [0, 0.1) is 6.92 Å². The number of ether oxygens (including phenoxy) is 2. The normalized spacial score (nSPS) is 10.9. The van der Waals surface area contributed by atoms with Crippen LogP contribution >= 0.6 is 0 Å². The van der Waals surface area contributed by atoms with Gasteiger partial charge in [0.1, 0.15) is 11.5 Å². The Labute approximate surface area is 207 Å². The number of nitrogens with one attached hydrogen (secondary N) is 2. The van der Waals surface area contributed by atoms with Crippen molar-refractivity contribution < 1.29 is 31.9 Å². The van der Waals surface area contributed by atoms with E-state index in [1.54, 1.807) is 25.3 Å². The van der Waals surface area contributed by atoms with Gasteiger partial charge in [-0.1, -0.05) is 42.5 Å². The average molecular weight is 507 g/mol. The summed E-state index contributed by atoms with van der Waals surface area (Å²) < 4.78 is 42.3. The topological polar surface area (TPSA) is 124 Å². The molecule has 36 heavy (non-hydrogen) atoms. The molecule has 1 heterocycles. The van der Waals surface area contributed by atoms with E-state index < -0.39 is 22.0 Å². The van der Waals surface area contributed by atoms with Crippen molar-refractivity contribution in [2.45, 2.75) is 11.8 Å². The molecule has 4 rings (SSSR count). The smallest absolute Gasteiger partial charge is 0.417 e. The molecule has 0 unspecified atom stereocenters. The third-order valence-corrected chi connectivity index (χ3v) is 6.48. The van der Waals surface area contributed by atoms with Crippen LogP contribution in [0.5, 0.6) is 11.5 Å². The summed E-state index contributed by atoms with van der Waals surface area (Å²) in [6.45, 7) is 1.48. The fourth-order valence-corrected chi connectivity index (χ4v) is 4.26. The maximum atomic E-state index is 12.4. The Hall–Kier alpha value is -4.57. The molecule has 0 saturated carbocycles. The number of rotatable bonds is 7. The molecule has 0 aliphatic rings. The lowest BCUT2D eigenvalue weighted by atomic mass is 10.1. The highest BCUT2D eigenvalue weighted by Gasteiger charge is 2.23. The molecule has 0 aliphatic carbocycles. The zero-order valence-electron chi connectivity index (χ0n) is 19.3. The van der Waals surface area contributed by atoms with Crippen LogP contribution in [-0.4, -0.2) is 27.5 Å². The van der Waals surface area contributed by atoms with Crippen LogP contribution < -0.4 is 19.5 Å². The van der Waals surface area contributed by atoms with Crippen LogP contribution in [0.4, 0.5) is 10.5 Å². The van der Waals surface area contributed by atoms with Gasteiger partial charge in [0.15, 0.2) is 11.5 Å². The summed E-state index contributed by atoms with van der Waals surface area (Å²) in [5.74, 6) is -0.454. The van der Waals surface area contributed by atoms with Gasteiger partial charge in [-0.3, -0.25) is 10.1 Å². The Balaban J connectivity index is 1.38. The Bertz CT molecular complexity index is 1480. The van der Waals surface area contributed by atoms with Crippen molar-refractivity contribution in [2.24, 2.45) is 0 Å². The van der Waals surface area contributed by atoms with Crippen molar-refractivity contribution in [1.29, 1.82) is 0 Å². The number of benzene rings is 3. The van der Waals surface area contributed by atoms with E-state index in [-0.39, 0.29) is 22.2 Å². The number of methoxy groups -OCH3 is 1. The summed E-state index contributed by atoms with van der Waals surface area (Å²) in [7, 11) is -2.49. The second-order valence-electron chi connectivity index (χ2n) is 7.60. The number of carbonyl (C=O) groups is 2. The first-order valence-electron chi connectivity index (χ1n) is 10.7. The maximum Gasteiger partial charge on any atom is 0.417 e. The Morgan fingerprint density at radius 3 is 2.08 bits per heavy atom. The van der Waals surface area contributed by atoms with Crippen LogP contribution in [0.25, 0.3) is 11.1 Å². The minimum Gasteiger partial charge on any atom is -0.497 e. The monoisotopic (exact) mass is 506 g/mol. The molecule has 10 heteroatoms. The van der Waals surface area contributed by atoms with Crippen LogP contribution in [0.3, 0.4) is 0 Å². The molecule has 2 N–H and O–H groups in total. The zero-order valence-corrected chi connectivity index (χ0v) is 20.2. The fraction of sp³-hybridized carbons (Fsp3) is 0.0769. The largest absolute Gasteiger partial charge is 0.497 e. The predicted octanol–water partition coefficient (Wildman–Crippen LogP) is 4.99. The highest BCUT2D eigenvalue weighted by Crippen LogP contribution is 2.26. The molecule has 0 radical (unpaired) electrons. The van der Waals surface area contributed by atoms with Gasteiger partial charge in [0.2, 0.25) is 0 Å². The third-order valence-electron chi connectivity index (χ3n) is 5.13. The standard InChI is InChI=1S/C26H22N2O7S/c1-17-23(16-24(34-17)25(29)28-36(31,32)22-6-4-3-5-7-22)35-26(30)27-20-12-8-18(9-13-20)19-10-14-21(33-2)15-11-19/h3-16H,1-2H3,(H,27,30)(H,28,29). The Morgan fingerprint density at radius 2 is 1.47 bits per heavy atom. The molecule has 0 spiro atoms. The van der Waals surface area contributed by atoms with Crippen molar-refractivity contribution in [3.8, 4) is 22.6 Å². The SMILES string of the molecule is COc1ccc(-c2ccc(NC(=O)Oc3cc(C(=O)NS(=O)(=O)c4ccccc4)oc3C)cc2)cc1. The number of sulfonamides is 1. The lowest BCUT2D eigenvalue weighted by molar-refractivity contribution is 0.0953. The summed E-state index contributed by atoms with van der Waals surface area (Å²) in [6, 6.07) is 23.3. The summed E-state index contributed by atoms with van der Waals surface area (Å²) in [5, 5.41) is 2.59. The van der Waals surface area contributed by atoms with E-state index in [1.165, 1.54) is 31.2 Å². The first-order valence-corrected chi connectivity index (χ1v) is 12.2. The second kappa shape index (κ2) is 10.4.